The number of benzene rings is 1. The summed E-state index contributed by atoms with van der Waals surface area (Å²) in [4.78, 5) is 5.54. The molecule has 3 aromatic rings. The van der Waals surface area contributed by atoms with Crippen LogP contribution in [-0.2, 0) is 13.1 Å². The minimum absolute atomic E-state index is 0.708. The van der Waals surface area contributed by atoms with Crippen molar-refractivity contribution in [2.75, 3.05) is 7.05 Å². The summed E-state index contributed by atoms with van der Waals surface area (Å²) in [6, 6.07) is 14.4. The van der Waals surface area contributed by atoms with E-state index in [4.69, 9.17) is 0 Å². The van der Waals surface area contributed by atoms with Crippen molar-refractivity contribution in [3.63, 3.8) is 0 Å². The molecular formula is C17H19N5S. The SMILES string of the molecule is CN=C(NCc1cccc(-n2cccn2)c1)NCc1cccs1. The zero-order valence-corrected chi connectivity index (χ0v) is 13.8. The van der Waals surface area contributed by atoms with Crippen molar-refractivity contribution >= 4 is 17.3 Å². The van der Waals surface area contributed by atoms with Crippen LogP contribution in [0.5, 0.6) is 0 Å². The third kappa shape index (κ3) is 4.20. The summed E-state index contributed by atoms with van der Waals surface area (Å²) in [6.07, 6.45) is 3.72. The maximum Gasteiger partial charge on any atom is 0.191 e. The molecule has 3 rings (SSSR count). The van der Waals surface area contributed by atoms with E-state index in [9.17, 15) is 0 Å². The van der Waals surface area contributed by atoms with Crippen LogP contribution in [0.15, 0.2) is 65.2 Å². The second-order valence-electron chi connectivity index (χ2n) is 4.98. The molecule has 2 aromatic heterocycles. The van der Waals surface area contributed by atoms with Gasteiger partial charge in [-0.15, -0.1) is 11.3 Å². The predicted octanol–water partition coefficient (Wildman–Crippen LogP) is 2.80. The summed E-state index contributed by atoms with van der Waals surface area (Å²) in [6.45, 7) is 1.49. The molecule has 2 N–H and O–H groups in total. The Morgan fingerprint density at radius 1 is 1.17 bits per heavy atom. The molecule has 0 unspecified atom stereocenters. The summed E-state index contributed by atoms with van der Waals surface area (Å²) in [5, 5.41) is 13.0. The number of hydrogen-bond acceptors (Lipinski definition) is 3. The largest absolute Gasteiger partial charge is 0.352 e. The molecule has 0 aliphatic carbocycles. The number of nitrogens with zero attached hydrogens (tertiary/aromatic N) is 3. The molecule has 2 heterocycles. The van der Waals surface area contributed by atoms with Crippen molar-refractivity contribution in [1.82, 2.24) is 20.4 Å². The monoisotopic (exact) mass is 325 g/mol. The first-order valence-electron chi connectivity index (χ1n) is 7.41. The topological polar surface area (TPSA) is 54.2 Å². The molecule has 0 atom stereocenters. The molecule has 118 valence electrons. The van der Waals surface area contributed by atoms with Crippen LogP contribution in [0.4, 0.5) is 0 Å². The fraction of sp³-hybridized carbons (Fsp3) is 0.176. The smallest absolute Gasteiger partial charge is 0.191 e. The van der Waals surface area contributed by atoms with E-state index in [0.717, 1.165) is 18.2 Å². The predicted molar refractivity (Wildman–Crippen MR) is 94.9 cm³/mol. The van der Waals surface area contributed by atoms with Gasteiger partial charge >= 0.3 is 0 Å². The van der Waals surface area contributed by atoms with E-state index in [1.165, 1.54) is 10.4 Å². The number of nitrogens with one attached hydrogen (secondary N) is 2. The molecule has 23 heavy (non-hydrogen) atoms. The van der Waals surface area contributed by atoms with E-state index in [1.807, 2.05) is 29.1 Å². The van der Waals surface area contributed by atoms with Crippen LogP contribution < -0.4 is 10.6 Å². The van der Waals surface area contributed by atoms with E-state index in [0.29, 0.717) is 6.54 Å². The van der Waals surface area contributed by atoms with Gasteiger partial charge in [-0.3, -0.25) is 4.99 Å². The summed E-state index contributed by atoms with van der Waals surface area (Å²) in [5.41, 5.74) is 2.23. The van der Waals surface area contributed by atoms with Gasteiger partial charge < -0.3 is 10.6 Å². The van der Waals surface area contributed by atoms with Gasteiger partial charge in [-0.1, -0.05) is 18.2 Å². The number of aromatic nitrogens is 2. The molecule has 0 saturated carbocycles. The average Bonchev–Trinajstić information content (AvgIpc) is 3.29. The van der Waals surface area contributed by atoms with Crippen molar-refractivity contribution in [3.8, 4) is 5.69 Å². The molecule has 0 aliphatic heterocycles. The lowest BCUT2D eigenvalue weighted by atomic mass is 10.2. The highest BCUT2D eigenvalue weighted by molar-refractivity contribution is 7.09. The van der Waals surface area contributed by atoms with E-state index < -0.39 is 0 Å². The molecule has 0 bridgehead atoms. The normalized spacial score (nSPS) is 11.4. The Balaban J connectivity index is 1.57. The van der Waals surface area contributed by atoms with Gasteiger partial charge in [0.25, 0.3) is 0 Å². The number of hydrogen-bond donors (Lipinski definition) is 2. The van der Waals surface area contributed by atoms with Crippen LogP contribution in [0.3, 0.4) is 0 Å². The van der Waals surface area contributed by atoms with Crippen LogP contribution in [0.1, 0.15) is 10.4 Å². The second kappa shape index (κ2) is 7.60. The van der Waals surface area contributed by atoms with Gasteiger partial charge in [-0.2, -0.15) is 5.10 Å². The molecule has 0 aliphatic rings. The molecule has 6 heteroatoms. The summed E-state index contributed by atoms with van der Waals surface area (Å²) in [5.74, 6) is 0.794. The average molecular weight is 325 g/mol. The van der Waals surface area contributed by atoms with Crippen LogP contribution >= 0.6 is 11.3 Å². The summed E-state index contributed by atoms with van der Waals surface area (Å²) < 4.78 is 1.85. The Bertz CT molecular complexity index is 747. The zero-order chi connectivity index (χ0) is 15.9. The molecule has 0 saturated heterocycles. The van der Waals surface area contributed by atoms with Crippen LogP contribution in [-0.4, -0.2) is 22.8 Å². The standard InChI is InChI=1S/C17H19N5S/c1-18-17(20-13-16-7-3-10-23-16)19-12-14-5-2-6-15(11-14)22-9-4-8-21-22/h2-11H,12-13H2,1H3,(H2,18,19,20). The lowest BCUT2D eigenvalue weighted by Crippen LogP contribution is -2.36. The first-order valence-corrected chi connectivity index (χ1v) is 8.29. The molecule has 1 aromatic carbocycles. The fourth-order valence-electron chi connectivity index (χ4n) is 2.22. The van der Waals surface area contributed by atoms with Crippen LogP contribution in [0.2, 0.25) is 0 Å². The van der Waals surface area contributed by atoms with Gasteiger partial charge in [0.2, 0.25) is 0 Å². The Morgan fingerprint density at radius 2 is 2.09 bits per heavy atom. The number of aliphatic imine (C=N–C) groups is 1. The van der Waals surface area contributed by atoms with Gasteiger partial charge in [0.15, 0.2) is 5.96 Å². The highest BCUT2D eigenvalue weighted by Crippen LogP contribution is 2.10. The second-order valence-corrected chi connectivity index (χ2v) is 6.01. The van der Waals surface area contributed by atoms with Gasteiger partial charge in [0.05, 0.1) is 12.2 Å². The number of rotatable bonds is 5. The minimum Gasteiger partial charge on any atom is -0.352 e. The first kappa shape index (κ1) is 15.3. The Hall–Kier alpha value is -2.60. The lowest BCUT2D eigenvalue weighted by molar-refractivity contribution is 0.812. The quantitative estimate of drug-likeness (QED) is 0.560. The van der Waals surface area contributed by atoms with E-state index in [2.05, 4.69) is 50.4 Å². The van der Waals surface area contributed by atoms with Gasteiger partial charge in [0.1, 0.15) is 0 Å². The van der Waals surface area contributed by atoms with Crippen LogP contribution in [0.25, 0.3) is 5.69 Å². The molecule has 0 fully saturated rings. The first-order chi connectivity index (χ1) is 11.3. The summed E-state index contributed by atoms with van der Waals surface area (Å²) in [7, 11) is 1.78. The van der Waals surface area contributed by atoms with Crippen molar-refractivity contribution in [1.29, 1.82) is 0 Å². The highest BCUT2D eigenvalue weighted by atomic mass is 32.1. The van der Waals surface area contributed by atoms with E-state index in [-0.39, 0.29) is 0 Å². The molecular weight excluding hydrogens is 306 g/mol. The van der Waals surface area contributed by atoms with Gasteiger partial charge in [-0.25, -0.2) is 4.68 Å². The number of guanidine groups is 1. The molecule has 0 spiro atoms. The van der Waals surface area contributed by atoms with Crippen molar-refractivity contribution in [2.24, 2.45) is 4.99 Å². The Kier molecular flexibility index (Phi) is 5.06. The third-order valence-corrected chi connectivity index (χ3v) is 4.25. The van der Waals surface area contributed by atoms with Crippen LogP contribution in [0, 0.1) is 0 Å². The number of thiophene rings is 1. The molecule has 0 amide bonds. The maximum absolute atomic E-state index is 4.26. The molecule has 5 nitrogen and oxygen atoms in total. The van der Waals surface area contributed by atoms with Gasteiger partial charge in [-0.05, 0) is 35.2 Å². The van der Waals surface area contributed by atoms with Crippen molar-refractivity contribution < 1.29 is 0 Å². The molecule has 0 radical (unpaired) electrons. The minimum atomic E-state index is 0.708. The third-order valence-electron chi connectivity index (χ3n) is 3.37. The Labute approximate surface area is 139 Å². The summed E-state index contributed by atoms with van der Waals surface area (Å²) >= 11 is 1.74. The van der Waals surface area contributed by atoms with Gasteiger partial charge in [0, 0.05) is 30.9 Å². The van der Waals surface area contributed by atoms with Crippen molar-refractivity contribution in [2.45, 2.75) is 13.1 Å². The highest BCUT2D eigenvalue weighted by Gasteiger charge is 2.01. The maximum atomic E-state index is 4.26. The zero-order valence-electron chi connectivity index (χ0n) is 12.9. The Morgan fingerprint density at radius 3 is 2.83 bits per heavy atom. The fourth-order valence-corrected chi connectivity index (χ4v) is 2.87. The van der Waals surface area contributed by atoms with Crippen molar-refractivity contribution in [3.05, 3.63) is 70.7 Å². The van der Waals surface area contributed by atoms with E-state index in [1.54, 1.807) is 24.6 Å². The van der Waals surface area contributed by atoms with E-state index >= 15 is 0 Å². The lowest BCUT2D eigenvalue weighted by Gasteiger charge is -2.12.